The number of hydrogen-bond acceptors (Lipinski definition) is 5. The summed E-state index contributed by atoms with van der Waals surface area (Å²) in [6.45, 7) is 16.3. The lowest BCUT2D eigenvalue weighted by molar-refractivity contribution is 0.0530. The quantitative estimate of drug-likeness (QED) is 0.273. The SMILES string of the molecule is CCNC(=NCC1(c2ccc3c(c2)OCO3)CCOCC1)NCCN(C(C)C)C(C)C.I. The summed E-state index contributed by atoms with van der Waals surface area (Å²) in [6.07, 6.45) is 1.90. The number of benzene rings is 1. The molecular weight excluding hydrogens is 519 g/mol. The number of hydrogen-bond donors (Lipinski definition) is 2. The van der Waals surface area contributed by atoms with Gasteiger partial charge in [0.25, 0.3) is 0 Å². The normalized spacial score (nSPS) is 17.6. The molecule has 0 radical (unpaired) electrons. The molecule has 0 atom stereocenters. The molecule has 1 saturated heterocycles. The molecule has 182 valence electrons. The fourth-order valence-electron chi connectivity index (χ4n) is 4.51. The third-order valence-corrected chi connectivity index (χ3v) is 6.31. The van der Waals surface area contributed by atoms with E-state index in [0.29, 0.717) is 25.4 Å². The first-order valence-electron chi connectivity index (χ1n) is 11.7. The van der Waals surface area contributed by atoms with Gasteiger partial charge in [-0.25, -0.2) is 0 Å². The standard InChI is InChI=1S/C24H40N4O3.HI/c1-6-25-23(26-11-12-28(18(2)3)19(4)5)27-16-24(9-13-29-14-10-24)20-7-8-21-22(15-20)31-17-30-21;/h7-8,15,18-19H,6,9-14,16-17H2,1-5H3,(H2,25,26,27);1H. The number of ether oxygens (including phenoxy) is 3. The van der Waals surface area contributed by atoms with Crippen LogP contribution in [0.4, 0.5) is 0 Å². The molecule has 2 aliphatic rings. The zero-order chi connectivity index (χ0) is 22.3. The Bertz CT molecular complexity index is 728. The van der Waals surface area contributed by atoms with Crippen LogP contribution in [0.3, 0.4) is 0 Å². The maximum atomic E-state index is 5.69. The van der Waals surface area contributed by atoms with Gasteiger partial charge < -0.3 is 24.8 Å². The topological polar surface area (TPSA) is 67.4 Å². The van der Waals surface area contributed by atoms with Crippen LogP contribution in [0.15, 0.2) is 23.2 Å². The fraction of sp³-hybridized carbons (Fsp3) is 0.708. The average Bonchev–Trinajstić information content (AvgIpc) is 3.23. The number of guanidine groups is 1. The molecule has 2 heterocycles. The van der Waals surface area contributed by atoms with Crippen molar-refractivity contribution >= 4 is 29.9 Å². The van der Waals surface area contributed by atoms with Crippen molar-refractivity contribution in [1.29, 1.82) is 0 Å². The molecule has 0 amide bonds. The van der Waals surface area contributed by atoms with Gasteiger partial charge in [0.2, 0.25) is 6.79 Å². The fourth-order valence-corrected chi connectivity index (χ4v) is 4.51. The molecular formula is C24H41IN4O3. The molecule has 0 bridgehead atoms. The van der Waals surface area contributed by atoms with Crippen molar-refractivity contribution in [3.8, 4) is 11.5 Å². The lowest BCUT2D eigenvalue weighted by Crippen LogP contribution is -2.46. The van der Waals surface area contributed by atoms with Crippen LogP contribution in [-0.4, -0.2) is 69.1 Å². The lowest BCUT2D eigenvalue weighted by Gasteiger charge is -2.37. The Morgan fingerprint density at radius 2 is 1.75 bits per heavy atom. The van der Waals surface area contributed by atoms with Gasteiger partial charge in [-0.05, 0) is 65.2 Å². The number of aliphatic imine (C=N–C) groups is 1. The van der Waals surface area contributed by atoms with Gasteiger partial charge in [-0.2, -0.15) is 0 Å². The Morgan fingerprint density at radius 3 is 2.41 bits per heavy atom. The molecule has 0 spiro atoms. The zero-order valence-corrected chi connectivity index (χ0v) is 22.6. The minimum atomic E-state index is -0.0521. The second-order valence-electron chi connectivity index (χ2n) is 9.01. The second kappa shape index (κ2) is 12.8. The molecule has 2 aliphatic heterocycles. The summed E-state index contributed by atoms with van der Waals surface area (Å²) in [6, 6.07) is 7.37. The Labute approximate surface area is 210 Å². The highest BCUT2D eigenvalue weighted by Gasteiger charge is 2.35. The third-order valence-electron chi connectivity index (χ3n) is 6.31. The average molecular weight is 561 g/mol. The van der Waals surface area contributed by atoms with Crippen LogP contribution >= 0.6 is 24.0 Å². The highest BCUT2D eigenvalue weighted by atomic mass is 127. The van der Waals surface area contributed by atoms with E-state index in [2.05, 4.69) is 62.3 Å². The highest BCUT2D eigenvalue weighted by Crippen LogP contribution is 2.41. The van der Waals surface area contributed by atoms with Crippen molar-refractivity contribution in [2.45, 2.75) is 65.0 Å². The summed E-state index contributed by atoms with van der Waals surface area (Å²) >= 11 is 0. The molecule has 1 fully saturated rings. The molecule has 2 N–H and O–H groups in total. The van der Waals surface area contributed by atoms with E-state index in [-0.39, 0.29) is 29.4 Å². The van der Waals surface area contributed by atoms with Crippen LogP contribution in [0.25, 0.3) is 0 Å². The Morgan fingerprint density at radius 1 is 1.06 bits per heavy atom. The predicted molar refractivity (Wildman–Crippen MR) is 141 cm³/mol. The van der Waals surface area contributed by atoms with Gasteiger partial charge in [0, 0.05) is 50.3 Å². The first-order chi connectivity index (χ1) is 14.9. The van der Waals surface area contributed by atoms with E-state index in [4.69, 9.17) is 19.2 Å². The van der Waals surface area contributed by atoms with Crippen molar-refractivity contribution in [1.82, 2.24) is 15.5 Å². The van der Waals surface area contributed by atoms with Crippen molar-refractivity contribution in [3.05, 3.63) is 23.8 Å². The minimum absolute atomic E-state index is 0. The van der Waals surface area contributed by atoms with E-state index in [0.717, 1.165) is 63.1 Å². The van der Waals surface area contributed by atoms with Crippen molar-refractivity contribution in [3.63, 3.8) is 0 Å². The lowest BCUT2D eigenvalue weighted by atomic mass is 9.74. The van der Waals surface area contributed by atoms with Gasteiger partial charge in [0.1, 0.15) is 0 Å². The number of halogens is 1. The molecule has 0 aliphatic carbocycles. The molecule has 32 heavy (non-hydrogen) atoms. The summed E-state index contributed by atoms with van der Waals surface area (Å²) in [4.78, 5) is 7.50. The van der Waals surface area contributed by atoms with E-state index < -0.39 is 0 Å². The maximum Gasteiger partial charge on any atom is 0.231 e. The number of nitrogens with zero attached hydrogens (tertiary/aromatic N) is 2. The summed E-state index contributed by atoms with van der Waals surface area (Å²) in [5.74, 6) is 2.53. The van der Waals surface area contributed by atoms with Gasteiger partial charge in [-0.15, -0.1) is 24.0 Å². The molecule has 1 aromatic rings. The van der Waals surface area contributed by atoms with Crippen LogP contribution in [-0.2, 0) is 10.2 Å². The summed E-state index contributed by atoms with van der Waals surface area (Å²) in [5, 5.41) is 6.94. The summed E-state index contributed by atoms with van der Waals surface area (Å²) in [7, 11) is 0. The molecule has 3 rings (SSSR count). The van der Waals surface area contributed by atoms with E-state index in [1.54, 1.807) is 0 Å². The van der Waals surface area contributed by atoms with E-state index in [1.807, 2.05) is 6.07 Å². The van der Waals surface area contributed by atoms with Gasteiger partial charge in [0.15, 0.2) is 17.5 Å². The second-order valence-corrected chi connectivity index (χ2v) is 9.01. The van der Waals surface area contributed by atoms with Crippen LogP contribution in [0.2, 0.25) is 0 Å². The van der Waals surface area contributed by atoms with Gasteiger partial charge in [-0.3, -0.25) is 9.89 Å². The zero-order valence-electron chi connectivity index (χ0n) is 20.3. The predicted octanol–water partition coefficient (Wildman–Crippen LogP) is 3.76. The number of fused-ring (bicyclic) bond motifs is 1. The van der Waals surface area contributed by atoms with Crippen LogP contribution in [0.1, 0.15) is 53.0 Å². The first kappa shape index (κ1) is 27.0. The molecule has 1 aromatic carbocycles. The van der Waals surface area contributed by atoms with Crippen LogP contribution < -0.4 is 20.1 Å². The number of rotatable bonds is 9. The van der Waals surface area contributed by atoms with Crippen LogP contribution in [0.5, 0.6) is 11.5 Å². The Hall–Kier alpha value is -1.26. The smallest absolute Gasteiger partial charge is 0.231 e. The van der Waals surface area contributed by atoms with Crippen LogP contribution in [0, 0.1) is 0 Å². The first-order valence-corrected chi connectivity index (χ1v) is 11.7. The Kier molecular flexibility index (Phi) is 10.8. The van der Waals surface area contributed by atoms with Gasteiger partial charge in [-0.1, -0.05) is 6.07 Å². The molecule has 8 heteroatoms. The Balaban J connectivity index is 0.00000363. The molecule has 0 unspecified atom stereocenters. The molecule has 7 nitrogen and oxygen atoms in total. The highest BCUT2D eigenvalue weighted by molar-refractivity contribution is 14.0. The summed E-state index contributed by atoms with van der Waals surface area (Å²) < 4.78 is 16.8. The largest absolute Gasteiger partial charge is 0.454 e. The summed E-state index contributed by atoms with van der Waals surface area (Å²) in [5.41, 5.74) is 1.20. The maximum absolute atomic E-state index is 5.69. The molecule has 0 saturated carbocycles. The van der Waals surface area contributed by atoms with E-state index >= 15 is 0 Å². The van der Waals surface area contributed by atoms with Crippen molar-refractivity contribution < 1.29 is 14.2 Å². The monoisotopic (exact) mass is 560 g/mol. The van der Waals surface area contributed by atoms with Crippen molar-refractivity contribution in [2.75, 3.05) is 46.2 Å². The molecule has 0 aromatic heterocycles. The number of nitrogens with one attached hydrogen (secondary N) is 2. The van der Waals surface area contributed by atoms with E-state index in [1.165, 1.54) is 5.56 Å². The third kappa shape index (κ3) is 6.87. The van der Waals surface area contributed by atoms with Gasteiger partial charge in [0.05, 0.1) is 6.54 Å². The van der Waals surface area contributed by atoms with Gasteiger partial charge >= 0.3 is 0 Å². The van der Waals surface area contributed by atoms with Crippen molar-refractivity contribution in [2.24, 2.45) is 4.99 Å². The minimum Gasteiger partial charge on any atom is -0.454 e. The van der Waals surface area contributed by atoms with E-state index in [9.17, 15) is 0 Å².